The maximum Gasteiger partial charge on any atom is 0.279 e. The van der Waals surface area contributed by atoms with Crippen LogP contribution in [-0.2, 0) is 10.2 Å². The Balaban J connectivity index is 2.51. The first-order chi connectivity index (χ1) is 8.49. The molecular weight excluding hydrogens is 250 g/mol. The summed E-state index contributed by atoms with van der Waals surface area (Å²) in [7, 11) is -3.35. The van der Waals surface area contributed by atoms with Gasteiger partial charge in [-0.3, -0.25) is 0 Å². The minimum Gasteiger partial charge on any atom is -0.329 e. The number of nitrogens with one attached hydrogen (secondary N) is 1. The predicted octanol–water partition coefficient (Wildman–Crippen LogP) is 1.07. The predicted molar refractivity (Wildman–Crippen MR) is 74.4 cm³/mol. The van der Waals surface area contributed by atoms with Gasteiger partial charge in [0.05, 0.1) is 0 Å². The van der Waals surface area contributed by atoms with Gasteiger partial charge in [0.15, 0.2) is 0 Å². The van der Waals surface area contributed by atoms with Gasteiger partial charge in [-0.2, -0.15) is 17.4 Å². The molecule has 0 spiro atoms. The van der Waals surface area contributed by atoms with Crippen molar-refractivity contribution in [2.75, 3.05) is 19.6 Å². The molecule has 0 aromatic heterocycles. The zero-order chi connectivity index (χ0) is 13.6. The molecule has 1 fully saturated rings. The van der Waals surface area contributed by atoms with E-state index >= 15 is 0 Å². The van der Waals surface area contributed by atoms with Crippen LogP contribution in [0.2, 0.25) is 0 Å². The van der Waals surface area contributed by atoms with Gasteiger partial charge in [-0.15, -0.1) is 0 Å². The topological polar surface area (TPSA) is 75.4 Å². The molecule has 1 rings (SSSR count). The molecule has 3 N–H and O–H groups in total. The van der Waals surface area contributed by atoms with E-state index in [1.165, 1.54) is 0 Å². The SMILES string of the molecule is CCCCC(CN)NS(=O)(=O)N1CCC(C)CC1. The zero-order valence-corrected chi connectivity index (χ0v) is 12.4. The van der Waals surface area contributed by atoms with Gasteiger partial charge in [-0.05, 0) is 25.2 Å². The summed E-state index contributed by atoms with van der Waals surface area (Å²) in [5.41, 5.74) is 5.63. The molecule has 1 unspecified atom stereocenters. The van der Waals surface area contributed by atoms with Crippen LogP contribution in [0.4, 0.5) is 0 Å². The Morgan fingerprint density at radius 1 is 1.39 bits per heavy atom. The molecule has 0 aromatic carbocycles. The van der Waals surface area contributed by atoms with E-state index in [0.717, 1.165) is 32.1 Å². The van der Waals surface area contributed by atoms with Gasteiger partial charge in [0.2, 0.25) is 0 Å². The zero-order valence-electron chi connectivity index (χ0n) is 11.6. The van der Waals surface area contributed by atoms with Gasteiger partial charge >= 0.3 is 0 Å². The molecule has 1 atom stereocenters. The number of hydrogen-bond donors (Lipinski definition) is 2. The quantitative estimate of drug-likeness (QED) is 0.731. The van der Waals surface area contributed by atoms with Crippen molar-refractivity contribution < 1.29 is 8.42 Å². The van der Waals surface area contributed by atoms with Gasteiger partial charge in [-0.25, -0.2) is 0 Å². The molecule has 5 nitrogen and oxygen atoms in total. The second kappa shape index (κ2) is 7.43. The van der Waals surface area contributed by atoms with Crippen LogP contribution in [0, 0.1) is 5.92 Å². The van der Waals surface area contributed by atoms with Gasteiger partial charge in [0.1, 0.15) is 0 Å². The van der Waals surface area contributed by atoms with E-state index < -0.39 is 10.2 Å². The van der Waals surface area contributed by atoms with E-state index in [2.05, 4.69) is 18.6 Å². The van der Waals surface area contributed by atoms with Crippen LogP contribution >= 0.6 is 0 Å². The average molecular weight is 277 g/mol. The Hall–Kier alpha value is -0.170. The van der Waals surface area contributed by atoms with Crippen LogP contribution in [0.25, 0.3) is 0 Å². The van der Waals surface area contributed by atoms with Crippen molar-refractivity contribution in [1.29, 1.82) is 0 Å². The van der Waals surface area contributed by atoms with Crippen molar-refractivity contribution in [3.8, 4) is 0 Å². The Morgan fingerprint density at radius 2 is 2.00 bits per heavy atom. The average Bonchev–Trinajstić information content (AvgIpc) is 2.35. The van der Waals surface area contributed by atoms with Crippen LogP contribution in [0.1, 0.15) is 46.0 Å². The van der Waals surface area contributed by atoms with Crippen molar-refractivity contribution in [2.45, 2.75) is 52.0 Å². The summed E-state index contributed by atoms with van der Waals surface area (Å²) in [5.74, 6) is 0.627. The van der Waals surface area contributed by atoms with Crippen molar-refractivity contribution in [3.05, 3.63) is 0 Å². The lowest BCUT2D eigenvalue weighted by Crippen LogP contribution is -2.50. The number of piperidine rings is 1. The molecular formula is C12H27N3O2S. The van der Waals surface area contributed by atoms with Crippen molar-refractivity contribution >= 4 is 10.2 Å². The maximum absolute atomic E-state index is 12.2. The van der Waals surface area contributed by atoms with Crippen molar-refractivity contribution in [2.24, 2.45) is 11.7 Å². The summed E-state index contributed by atoms with van der Waals surface area (Å²) in [4.78, 5) is 0. The van der Waals surface area contributed by atoms with E-state index in [1.807, 2.05) is 0 Å². The smallest absolute Gasteiger partial charge is 0.279 e. The Bertz CT molecular complexity index is 324. The Morgan fingerprint density at radius 3 is 2.50 bits per heavy atom. The highest BCUT2D eigenvalue weighted by atomic mass is 32.2. The highest BCUT2D eigenvalue weighted by molar-refractivity contribution is 7.87. The van der Waals surface area contributed by atoms with E-state index in [1.54, 1.807) is 4.31 Å². The van der Waals surface area contributed by atoms with E-state index in [9.17, 15) is 8.42 Å². The third-order valence-electron chi connectivity index (χ3n) is 3.59. The molecule has 1 aliphatic heterocycles. The maximum atomic E-state index is 12.2. The van der Waals surface area contributed by atoms with Crippen LogP contribution < -0.4 is 10.5 Å². The minimum absolute atomic E-state index is 0.130. The number of rotatable bonds is 7. The molecule has 0 aliphatic carbocycles. The van der Waals surface area contributed by atoms with Crippen LogP contribution in [0.5, 0.6) is 0 Å². The third-order valence-corrected chi connectivity index (χ3v) is 5.26. The molecule has 0 bridgehead atoms. The molecule has 108 valence electrons. The van der Waals surface area contributed by atoms with Crippen molar-refractivity contribution in [3.63, 3.8) is 0 Å². The fourth-order valence-electron chi connectivity index (χ4n) is 2.19. The summed E-state index contributed by atoms with van der Waals surface area (Å²) in [6.45, 7) is 5.88. The lowest BCUT2D eigenvalue weighted by atomic mass is 10.0. The number of unbranched alkanes of at least 4 members (excludes halogenated alkanes) is 1. The van der Waals surface area contributed by atoms with Crippen LogP contribution in [0.15, 0.2) is 0 Å². The van der Waals surface area contributed by atoms with Gasteiger partial charge in [0.25, 0.3) is 10.2 Å². The molecule has 0 amide bonds. The highest BCUT2D eigenvalue weighted by Gasteiger charge is 2.27. The second-order valence-electron chi connectivity index (χ2n) is 5.28. The summed E-state index contributed by atoms with van der Waals surface area (Å²) in [6, 6.07) is -0.130. The standard InChI is InChI=1S/C12H27N3O2S/c1-3-4-5-12(10-13)14-18(16,17)15-8-6-11(2)7-9-15/h11-12,14H,3-10,13H2,1-2H3. The normalized spacial score (nSPS) is 21.1. The van der Waals surface area contributed by atoms with E-state index in [4.69, 9.17) is 5.73 Å². The molecule has 6 heteroatoms. The molecule has 1 aliphatic rings. The molecule has 0 aromatic rings. The Kier molecular flexibility index (Phi) is 6.55. The third kappa shape index (κ3) is 4.84. The number of nitrogens with two attached hydrogens (primary N) is 1. The summed E-state index contributed by atoms with van der Waals surface area (Å²) in [5, 5.41) is 0. The fourth-order valence-corrected chi connectivity index (χ4v) is 3.66. The highest BCUT2D eigenvalue weighted by Crippen LogP contribution is 2.18. The number of hydrogen-bond acceptors (Lipinski definition) is 3. The summed E-state index contributed by atoms with van der Waals surface area (Å²) >= 11 is 0. The second-order valence-corrected chi connectivity index (χ2v) is 6.98. The van der Waals surface area contributed by atoms with Crippen molar-refractivity contribution in [1.82, 2.24) is 9.03 Å². The van der Waals surface area contributed by atoms with E-state index in [-0.39, 0.29) is 6.04 Å². The molecule has 18 heavy (non-hydrogen) atoms. The summed E-state index contributed by atoms with van der Waals surface area (Å²) < 4.78 is 28.7. The van der Waals surface area contributed by atoms with Gasteiger partial charge in [0, 0.05) is 25.7 Å². The fraction of sp³-hybridized carbons (Fsp3) is 1.00. The molecule has 1 saturated heterocycles. The molecule has 1 heterocycles. The molecule has 0 saturated carbocycles. The van der Waals surface area contributed by atoms with Crippen LogP contribution in [0.3, 0.4) is 0 Å². The van der Waals surface area contributed by atoms with Gasteiger partial charge < -0.3 is 5.73 Å². The first-order valence-electron chi connectivity index (χ1n) is 6.97. The molecule has 0 radical (unpaired) electrons. The lowest BCUT2D eigenvalue weighted by molar-refractivity contribution is 0.283. The van der Waals surface area contributed by atoms with Gasteiger partial charge in [-0.1, -0.05) is 26.7 Å². The van der Waals surface area contributed by atoms with E-state index in [0.29, 0.717) is 25.6 Å². The number of nitrogens with zero attached hydrogens (tertiary/aromatic N) is 1. The summed E-state index contributed by atoms with van der Waals surface area (Å²) in [6.07, 6.45) is 4.77. The van der Waals surface area contributed by atoms with Crippen LogP contribution in [-0.4, -0.2) is 38.4 Å². The lowest BCUT2D eigenvalue weighted by Gasteiger charge is -2.31. The monoisotopic (exact) mass is 277 g/mol. The minimum atomic E-state index is -3.35. The first kappa shape index (κ1) is 15.9. The first-order valence-corrected chi connectivity index (χ1v) is 8.41. The largest absolute Gasteiger partial charge is 0.329 e. The Labute approximate surface area is 111 Å².